The number of carbonyl (C=O) groups excluding carboxylic acids is 1. The smallest absolute Gasteiger partial charge is 0.362 e. The number of ether oxygens (including phenoxy) is 1. The molecule has 0 aliphatic rings. The Morgan fingerprint density at radius 1 is 0.941 bits per heavy atom. The van der Waals surface area contributed by atoms with Gasteiger partial charge in [0, 0.05) is 5.38 Å². The van der Waals surface area contributed by atoms with E-state index in [9.17, 15) is 10.0 Å². The van der Waals surface area contributed by atoms with Crippen molar-refractivity contribution in [2.45, 2.75) is 12.5 Å². The first-order valence-corrected chi connectivity index (χ1v) is 11.4. The van der Waals surface area contributed by atoms with E-state index in [-0.39, 0.29) is 30.4 Å². The van der Waals surface area contributed by atoms with Gasteiger partial charge in [0.15, 0.2) is 5.13 Å². The number of thiazole rings is 1. The molecule has 0 aliphatic carbocycles. The molecule has 1 aromatic heterocycles. The van der Waals surface area contributed by atoms with Gasteiger partial charge in [-0.25, -0.2) is 9.78 Å². The molecule has 0 spiro atoms. The van der Waals surface area contributed by atoms with E-state index >= 15 is 0 Å². The van der Waals surface area contributed by atoms with Gasteiger partial charge >= 0.3 is 5.97 Å². The molecule has 0 fully saturated rings. The van der Waals surface area contributed by atoms with Crippen LogP contribution in [0.15, 0.2) is 102 Å². The summed E-state index contributed by atoms with van der Waals surface area (Å²) in [5.74, 6) is -0.725. The van der Waals surface area contributed by atoms with Crippen LogP contribution in [0.2, 0.25) is 0 Å². The lowest BCUT2D eigenvalue weighted by molar-refractivity contribution is -0.135. The zero-order valence-electron chi connectivity index (χ0n) is 18.4. The maximum absolute atomic E-state index is 12.2. The van der Waals surface area contributed by atoms with E-state index in [1.54, 1.807) is 12.3 Å². The lowest BCUT2D eigenvalue weighted by Crippen LogP contribution is -2.38. The molecule has 0 saturated carbocycles. The maximum atomic E-state index is 12.2. The fourth-order valence-corrected chi connectivity index (χ4v) is 4.53. The Morgan fingerprint density at radius 3 is 1.82 bits per heavy atom. The van der Waals surface area contributed by atoms with Crippen molar-refractivity contribution in [2.75, 3.05) is 11.9 Å². The number of anilines is 1. The van der Waals surface area contributed by atoms with Gasteiger partial charge < -0.3 is 15.3 Å². The molecule has 4 rings (SSSR count). The van der Waals surface area contributed by atoms with E-state index in [4.69, 9.17) is 4.74 Å². The van der Waals surface area contributed by atoms with Gasteiger partial charge in [-0.05, 0) is 23.6 Å². The lowest BCUT2D eigenvalue weighted by Gasteiger charge is -2.36. The average Bonchev–Trinajstić information content (AvgIpc) is 3.33. The monoisotopic (exact) mass is 493 g/mol. The first kappa shape index (κ1) is 25.0. The average molecular weight is 494 g/mol. The summed E-state index contributed by atoms with van der Waals surface area (Å²) in [7, 11) is 0. The van der Waals surface area contributed by atoms with Gasteiger partial charge in [-0.3, -0.25) is 0 Å². The molecular formula is C26H24ClN3O3S. The Hall–Kier alpha value is -3.68. The summed E-state index contributed by atoms with van der Waals surface area (Å²) in [6.07, 6.45) is 0. The van der Waals surface area contributed by atoms with Crippen molar-refractivity contribution in [3.8, 4) is 0 Å². The minimum absolute atomic E-state index is 0. The van der Waals surface area contributed by atoms with E-state index < -0.39 is 11.5 Å². The van der Waals surface area contributed by atoms with Crippen LogP contribution in [0.1, 0.15) is 29.3 Å². The minimum atomic E-state index is -0.751. The standard InChI is InChI=1S/C26H23N3O3S.ClH/c1-2-32-24(30)23(29-31)22-18-33-25(27-22)28-26(19-12-6-3-7-13-19,20-14-8-4-9-15-20)21-16-10-5-11-17-21;/h3-18,31H,2H2,1H3,(H,27,28);1H/b29-23+;. The highest BCUT2D eigenvalue weighted by Crippen LogP contribution is 2.40. The molecule has 0 bridgehead atoms. The predicted molar refractivity (Wildman–Crippen MR) is 137 cm³/mol. The molecule has 174 valence electrons. The van der Waals surface area contributed by atoms with Crippen LogP contribution in [0, 0.1) is 0 Å². The number of nitrogens with zero attached hydrogens (tertiary/aromatic N) is 2. The summed E-state index contributed by atoms with van der Waals surface area (Å²) < 4.78 is 4.98. The molecule has 1 heterocycles. The number of esters is 1. The van der Waals surface area contributed by atoms with Gasteiger partial charge in [-0.1, -0.05) is 96.2 Å². The lowest BCUT2D eigenvalue weighted by atomic mass is 9.77. The van der Waals surface area contributed by atoms with Gasteiger partial charge in [0.25, 0.3) is 0 Å². The van der Waals surface area contributed by atoms with Gasteiger partial charge in [-0.2, -0.15) is 0 Å². The summed E-state index contributed by atoms with van der Waals surface area (Å²) in [4.78, 5) is 16.7. The number of aromatic nitrogens is 1. The van der Waals surface area contributed by atoms with Gasteiger partial charge in [0.05, 0.1) is 6.61 Å². The largest absolute Gasteiger partial charge is 0.461 e. The van der Waals surface area contributed by atoms with Crippen molar-refractivity contribution in [3.63, 3.8) is 0 Å². The summed E-state index contributed by atoms with van der Waals surface area (Å²) >= 11 is 1.32. The normalized spacial score (nSPS) is 11.4. The molecule has 0 radical (unpaired) electrons. The minimum Gasteiger partial charge on any atom is -0.461 e. The molecule has 34 heavy (non-hydrogen) atoms. The Morgan fingerprint density at radius 2 is 1.41 bits per heavy atom. The number of nitrogens with one attached hydrogen (secondary N) is 1. The van der Waals surface area contributed by atoms with Crippen LogP contribution in [-0.2, 0) is 15.1 Å². The van der Waals surface area contributed by atoms with E-state index in [2.05, 4.69) is 51.9 Å². The van der Waals surface area contributed by atoms with Crippen LogP contribution in [0.25, 0.3) is 0 Å². The van der Waals surface area contributed by atoms with Crippen molar-refractivity contribution in [1.82, 2.24) is 4.98 Å². The number of hydrogen-bond acceptors (Lipinski definition) is 7. The highest BCUT2D eigenvalue weighted by atomic mass is 35.5. The van der Waals surface area contributed by atoms with E-state index in [0.717, 1.165) is 16.7 Å². The Balaban J connectivity index is 0.00000324. The summed E-state index contributed by atoms with van der Waals surface area (Å²) in [6.45, 7) is 1.86. The summed E-state index contributed by atoms with van der Waals surface area (Å²) in [5.41, 5.74) is 2.35. The maximum Gasteiger partial charge on any atom is 0.362 e. The van der Waals surface area contributed by atoms with E-state index in [1.165, 1.54) is 11.3 Å². The van der Waals surface area contributed by atoms with Crippen LogP contribution in [0.4, 0.5) is 5.13 Å². The molecule has 0 amide bonds. The molecule has 0 saturated heterocycles. The Bertz CT molecular complexity index is 1140. The SMILES string of the molecule is CCOC(=O)/C(=N/O)c1csc(NC(c2ccccc2)(c2ccccc2)c2ccccc2)n1.Cl. The Labute approximate surface area is 208 Å². The molecule has 4 aromatic rings. The summed E-state index contributed by atoms with van der Waals surface area (Å²) in [6, 6.07) is 30.4. The summed E-state index contributed by atoms with van der Waals surface area (Å²) in [5, 5.41) is 18.4. The Kier molecular flexibility index (Phi) is 8.40. The third kappa shape index (κ3) is 4.95. The van der Waals surface area contributed by atoms with Gasteiger partial charge in [0.1, 0.15) is 11.2 Å². The van der Waals surface area contributed by atoms with Gasteiger partial charge in [0.2, 0.25) is 5.71 Å². The fourth-order valence-electron chi connectivity index (χ4n) is 3.78. The number of rotatable bonds is 8. The second-order valence-electron chi connectivity index (χ2n) is 7.18. The van der Waals surface area contributed by atoms with Crippen molar-refractivity contribution >= 4 is 40.6 Å². The second-order valence-corrected chi connectivity index (χ2v) is 8.04. The van der Waals surface area contributed by atoms with Crippen LogP contribution in [0.3, 0.4) is 0 Å². The topological polar surface area (TPSA) is 83.8 Å². The molecule has 0 unspecified atom stereocenters. The van der Waals surface area contributed by atoms with Crippen molar-refractivity contribution in [3.05, 3.63) is 119 Å². The highest BCUT2D eigenvalue weighted by Gasteiger charge is 2.37. The third-order valence-corrected chi connectivity index (χ3v) is 5.99. The number of halogens is 1. The van der Waals surface area contributed by atoms with Crippen LogP contribution in [0.5, 0.6) is 0 Å². The van der Waals surface area contributed by atoms with Crippen LogP contribution < -0.4 is 5.32 Å². The quantitative estimate of drug-likeness (QED) is 0.108. The number of benzene rings is 3. The zero-order chi connectivity index (χ0) is 23.1. The predicted octanol–water partition coefficient (Wildman–Crippen LogP) is 5.71. The van der Waals surface area contributed by atoms with Gasteiger partial charge in [-0.15, -0.1) is 23.7 Å². The van der Waals surface area contributed by atoms with Crippen molar-refractivity contribution < 1.29 is 14.7 Å². The van der Waals surface area contributed by atoms with E-state index in [1.807, 2.05) is 54.6 Å². The fraction of sp³-hybridized carbons (Fsp3) is 0.115. The number of carbonyl (C=O) groups is 1. The van der Waals surface area contributed by atoms with Crippen molar-refractivity contribution in [1.29, 1.82) is 0 Å². The molecule has 3 aromatic carbocycles. The molecule has 0 atom stereocenters. The molecular weight excluding hydrogens is 470 g/mol. The van der Waals surface area contributed by atoms with E-state index in [0.29, 0.717) is 5.13 Å². The molecule has 2 N–H and O–H groups in total. The molecule has 0 aliphatic heterocycles. The number of oxime groups is 1. The first-order chi connectivity index (χ1) is 16.2. The van der Waals surface area contributed by atoms with Crippen molar-refractivity contribution in [2.24, 2.45) is 5.16 Å². The highest BCUT2D eigenvalue weighted by molar-refractivity contribution is 7.14. The molecule has 8 heteroatoms. The van der Waals surface area contributed by atoms with Crippen LogP contribution in [-0.4, -0.2) is 28.5 Å². The second kappa shape index (κ2) is 11.4. The number of hydrogen-bond donors (Lipinski definition) is 2. The third-order valence-electron chi connectivity index (χ3n) is 5.23. The van der Waals surface area contributed by atoms with Crippen LogP contribution >= 0.6 is 23.7 Å². The molecule has 6 nitrogen and oxygen atoms in total. The zero-order valence-corrected chi connectivity index (χ0v) is 20.1. The first-order valence-electron chi connectivity index (χ1n) is 10.5.